The molecular formula is C18H26N2O4S. The van der Waals surface area contributed by atoms with Gasteiger partial charge in [0.25, 0.3) is 0 Å². The second kappa shape index (κ2) is 8.47. The zero-order valence-corrected chi connectivity index (χ0v) is 15.6. The smallest absolute Gasteiger partial charge is 0.225 e. The number of nitrogens with one attached hydrogen (secondary N) is 1. The third-order valence-corrected chi connectivity index (χ3v) is 6.00. The number of sulfone groups is 1. The lowest BCUT2D eigenvalue weighted by molar-refractivity contribution is -0.129. The minimum Gasteiger partial charge on any atom is -0.356 e. The molecule has 0 saturated carbocycles. The quantitative estimate of drug-likeness (QED) is 0.704. The molecule has 25 heavy (non-hydrogen) atoms. The van der Waals surface area contributed by atoms with Crippen LogP contribution in [0, 0.1) is 5.92 Å². The Balaban J connectivity index is 1.72. The first-order valence-electron chi connectivity index (χ1n) is 8.60. The van der Waals surface area contributed by atoms with E-state index in [-0.39, 0.29) is 41.7 Å². The van der Waals surface area contributed by atoms with E-state index in [9.17, 15) is 18.0 Å². The van der Waals surface area contributed by atoms with Crippen LogP contribution in [0.4, 0.5) is 0 Å². The summed E-state index contributed by atoms with van der Waals surface area (Å²) in [5.74, 6) is -0.458. The predicted molar refractivity (Wildman–Crippen MR) is 96.5 cm³/mol. The number of likely N-dealkylation sites (tertiary alicyclic amines) is 1. The van der Waals surface area contributed by atoms with Gasteiger partial charge in [0.1, 0.15) is 0 Å². The van der Waals surface area contributed by atoms with Crippen molar-refractivity contribution in [1.29, 1.82) is 0 Å². The predicted octanol–water partition coefficient (Wildman–Crippen LogP) is 1.36. The van der Waals surface area contributed by atoms with Gasteiger partial charge in [-0.15, -0.1) is 0 Å². The van der Waals surface area contributed by atoms with Gasteiger partial charge in [-0.3, -0.25) is 9.59 Å². The van der Waals surface area contributed by atoms with Crippen molar-refractivity contribution in [1.82, 2.24) is 10.2 Å². The fourth-order valence-electron chi connectivity index (χ4n) is 2.95. The fraction of sp³-hybridized carbons (Fsp3) is 0.556. The van der Waals surface area contributed by atoms with E-state index in [1.807, 2.05) is 32.0 Å². The number of carbonyl (C=O) groups excluding carboxylic acids is 2. The molecule has 0 spiro atoms. The van der Waals surface area contributed by atoms with Gasteiger partial charge in [-0.2, -0.15) is 0 Å². The van der Waals surface area contributed by atoms with Gasteiger partial charge < -0.3 is 10.2 Å². The van der Waals surface area contributed by atoms with Gasteiger partial charge >= 0.3 is 0 Å². The van der Waals surface area contributed by atoms with E-state index in [1.54, 1.807) is 17.0 Å². The Bertz CT molecular complexity index is 701. The van der Waals surface area contributed by atoms with Crippen LogP contribution in [0.1, 0.15) is 32.3 Å². The Morgan fingerprint density at radius 1 is 1.28 bits per heavy atom. The van der Waals surface area contributed by atoms with Gasteiger partial charge in [0, 0.05) is 25.6 Å². The molecule has 138 valence electrons. The number of amides is 2. The molecule has 0 bridgehead atoms. The van der Waals surface area contributed by atoms with Crippen molar-refractivity contribution in [2.24, 2.45) is 5.92 Å². The minimum atomic E-state index is -3.19. The van der Waals surface area contributed by atoms with E-state index < -0.39 is 9.84 Å². The molecule has 7 heteroatoms. The Morgan fingerprint density at radius 2 is 1.96 bits per heavy atom. The van der Waals surface area contributed by atoms with Crippen LogP contribution in [-0.4, -0.2) is 50.0 Å². The van der Waals surface area contributed by atoms with E-state index in [1.165, 1.54) is 0 Å². The lowest BCUT2D eigenvalue weighted by Gasteiger charge is -2.20. The van der Waals surface area contributed by atoms with Gasteiger partial charge in [0.05, 0.1) is 17.4 Å². The third-order valence-electron chi connectivity index (χ3n) is 4.31. The Kier molecular flexibility index (Phi) is 6.58. The molecule has 1 fully saturated rings. The first kappa shape index (κ1) is 19.4. The highest BCUT2D eigenvalue weighted by Gasteiger charge is 2.35. The normalized spacial score (nSPS) is 18.0. The van der Waals surface area contributed by atoms with E-state index >= 15 is 0 Å². The van der Waals surface area contributed by atoms with Gasteiger partial charge in [0.15, 0.2) is 9.84 Å². The monoisotopic (exact) mass is 366 g/mol. The highest BCUT2D eigenvalue weighted by molar-refractivity contribution is 7.90. The van der Waals surface area contributed by atoms with Gasteiger partial charge in [-0.1, -0.05) is 30.3 Å². The summed E-state index contributed by atoms with van der Waals surface area (Å²) in [7, 11) is -3.19. The summed E-state index contributed by atoms with van der Waals surface area (Å²) in [6, 6.07) is 9.14. The van der Waals surface area contributed by atoms with Crippen LogP contribution < -0.4 is 5.32 Å². The number of hydrogen-bond acceptors (Lipinski definition) is 4. The van der Waals surface area contributed by atoms with Crippen LogP contribution in [0.5, 0.6) is 0 Å². The molecule has 1 aromatic carbocycles. The summed E-state index contributed by atoms with van der Waals surface area (Å²) >= 11 is 0. The Morgan fingerprint density at radius 3 is 2.56 bits per heavy atom. The van der Waals surface area contributed by atoms with Gasteiger partial charge in [-0.25, -0.2) is 8.42 Å². The lowest BCUT2D eigenvalue weighted by atomic mass is 10.1. The molecule has 1 saturated heterocycles. The van der Waals surface area contributed by atoms with Crippen molar-refractivity contribution in [2.75, 3.05) is 18.8 Å². The fourth-order valence-corrected chi connectivity index (χ4v) is 4.38. The van der Waals surface area contributed by atoms with Gasteiger partial charge in [-0.05, 0) is 25.8 Å². The zero-order chi connectivity index (χ0) is 18.4. The molecular weight excluding hydrogens is 340 g/mol. The summed E-state index contributed by atoms with van der Waals surface area (Å²) in [6.07, 6.45) is 0.603. The summed E-state index contributed by atoms with van der Waals surface area (Å²) in [5.41, 5.74) is 0.768. The molecule has 6 nitrogen and oxygen atoms in total. The second-order valence-electron chi connectivity index (χ2n) is 6.76. The van der Waals surface area contributed by atoms with E-state index in [0.717, 1.165) is 5.56 Å². The largest absolute Gasteiger partial charge is 0.356 e. The van der Waals surface area contributed by atoms with Crippen molar-refractivity contribution in [3.63, 3.8) is 0 Å². The topological polar surface area (TPSA) is 83.6 Å². The van der Waals surface area contributed by atoms with Crippen molar-refractivity contribution in [3.8, 4) is 0 Å². The maximum Gasteiger partial charge on any atom is 0.225 e. The Labute approximate surface area is 149 Å². The molecule has 1 aromatic rings. The number of benzene rings is 1. The highest BCUT2D eigenvalue weighted by atomic mass is 32.2. The molecule has 1 N–H and O–H groups in total. The van der Waals surface area contributed by atoms with Crippen molar-refractivity contribution < 1.29 is 18.0 Å². The van der Waals surface area contributed by atoms with Crippen LogP contribution in [0.2, 0.25) is 0 Å². The summed E-state index contributed by atoms with van der Waals surface area (Å²) in [6.45, 7) is 4.60. The van der Waals surface area contributed by atoms with Crippen molar-refractivity contribution >= 4 is 21.7 Å². The average molecular weight is 366 g/mol. The van der Waals surface area contributed by atoms with Crippen LogP contribution in [-0.2, 0) is 25.2 Å². The molecule has 2 amide bonds. The molecule has 1 atom stereocenters. The third kappa shape index (κ3) is 5.85. The summed E-state index contributed by atoms with van der Waals surface area (Å²) in [4.78, 5) is 25.7. The summed E-state index contributed by atoms with van der Waals surface area (Å²) < 4.78 is 24.2. The minimum absolute atomic E-state index is 0.000545. The summed E-state index contributed by atoms with van der Waals surface area (Å²) in [5, 5.41) is 2.76. The van der Waals surface area contributed by atoms with Crippen molar-refractivity contribution in [3.05, 3.63) is 35.9 Å². The maximum absolute atomic E-state index is 12.1. The molecule has 1 unspecified atom stereocenters. The highest BCUT2D eigenvalue weighted by Crippen LogP contribution is 2.20. The second-order valence-corrected chi connectivity index (χ2v) is 8.95. The zero-order valence-electron chi connectivity index (χ0n) is 14.8. The van der Waals surface area contributed by atoms with Crippen molar-refractivity contribution in [2.45, 2.75) is 38.5 Å². The van der Waals surface area contributed by atoms with E-state index in [2.05, 4.69) is 5.32 Å². The molecule has 1 aliphatic heterocycles. The molecule has 0 aromatic heterocycles. The number of carbonyl (C=O) groups is 2. The standard InChI is InChI=1S/C18H26N2O4S/c1-14(2)20-12-16(11-17(20)21)18(22)19-9-6-10-25(23,24)13-15-7-4-3-5-8-15/h3-5,7-8,14,16H,6,9-13H2,1-2H3,(H,19,22). The molecule has 1 heterocycles. The number of rotatable bonds is 8. The number of nitrogens with zero attached hydrogens (tertiary/aromatic N) is 1. The average Bonchev–Trinajstić information content (AvgIpc) is 2.94. The van der Waals surface area contributed by atoms with E-state index in [4.69, 9.17) is 0 Å². The molecule has 0 radical (unpaired) electrons. The molecule has 2 rings (SSSR count). The maximum atomic E-state index is 12.1. The first-order valence-corrected chi connectivity index (χ1v) is 10.4. The van der Waals surface area contributed by atoms with Crippen LogP contribution >= 0.6 is 0 Å². The molecule has 0 aliphatic carbocycles. The van der Waals surface area contributed by atoms with E-state index in [0.29, 0.717) is 19.5 Å². The lowest BCUT2D eigenvalue weighted by Crippen LogP contribution is -2.36. The number of hydrogen-bond donors (Lipinski definition) is 1. The Hall–Kier alpha value is -1.89. The molecule has 1 aliphatic rings. The van der Waals surface area contributed by atoms with Crippen LogP contribution in [0.3, 0.4) is 0 Å². The SMILES string of the molecule is CC(C)N1CC(C(=O)NCCCS(=O)(=O)Cc2ccccc2)CC1=O. The first-order chi connectivity index (χ1) is 11.8. The van der Waals surface area contributed by atoms with Crippen LogP contribution in [0.15, 0.2) is 30.3 Å². The van der Waals surface area contributed by atoms with Gasteiger partial charge in [0.2, 0.25) is 11.8 Å². The van der Waals surface area contributed by atoms with Crippen LogP contribution in [0.25, 0.3) is 0 Å².